The average Bonchev–Trinajstić information content (AvgIpc) is 3.44. The van der Waals surface area contributed by atoms with E-state index in [1.165, 1.54) is 33.5 Å². The topological polar surface area (TPSA) is 86.0 Å². The van der Waals surface area contributed by atoms with E-state index in [0.717, 1.165) is 55.6 Å². The number of rotatable bonds is 9. The fraction of sp³-hybridized carbons (Fsp3) is 0.571. The van der Waals surface area contributed by atoms with Crippen molar-refractivity contribution < 1.29 is 21.7 Å². The summed E-state index contributed by atoms with van der Waals surface area (Å²) in [6, 6.07) is 0. The molecule has 3 aromatic heterocycles. The van der Waals surface area contributed by atoms with Gasteiger partial charge in [-0.15, -0.1) is 0 Å². The molecule has 0 amide bonds. The van der Waals surface area contributed by atoms with Crippen molar-refractivity contribution in [3.8, 4) is 0 Å². The van der Waals surface area contributed by atoms with Crippen molar-refractivity contribution in [1.82, 2.24) is 30.6 Å². The van der Waals surface area contributed by atoms with E-state index in [0.29, 0.717) is 0 Å². The molecule has 0 unspecified atom stereocenters. The minimum atomic E-state index is 0. The Bertz CT molecular complexity index is 742. The first-order chi connectivity index (χ1) is 13.6. The van der Waals surface area contributed by atoms with Gasteiger partial charge in [0, 0.05) is 38.8 Å². The van der Waals surface area contributed by atoms with Crippen LogP contribution in [0.15, 0.2) is 0 Å². The number of H-pyrrole nitrogens is 3. The number of nitrogens with zero attached hydrogens (tertiary/aromatic N) is 3. The van der Waals surface area contributed by atoms with Crippen LogP contribution < -0.4 is 16.4 Å². The molecule has 0 radical (unpaired) electrons. The minimum absolute atomic E-state index is 0. The Morgan fingerprint density at radius 2 is 0.793 bits per heavy atom. The van der Waals surface area contributed by atoms with Crippen LogP contribution in [0.2, 0.25) is 0 Å². The molecule has 3 rings (SSSR count). The van der Waals surface area contributed by atoms with Crippen LogP contribution in [0, 0.1) is 0 Å². The van der Waals surface area contributed by atoms with Gasteiger partial charge in [0.05, 0.1) is 17.1 Å². The van der Waals surface area contributed by atoms with Crippen molar-refractivity contribution in [3.63, 3.8) is 0 Å². The number of nitrogens with one attached hydrogen (secondary N) is 3. The van der Waals surface area contributed by atoms with Gasteiger partial charge in [0.15, 0.2) is 0 Å². The van der Waals surface area contributed by atoms with Crippen LogP contribution >= 0.6 is 0 Å². The Kier molecular flexibility index (Phi) is 8.53. The summed E-state index contributed by atoms with van der Waals surface area (Å²) in [5.41, 5.74) is 11.1. The molecule has 0 atom stereocenters. The maximum atomic E-state index is 4.68. The smallest absolute Gasteiger partial charge is 0.255 e. The third-order valence-corrected chi connectivity index (χ3v) is 5.82. The molecular weight excluding hydrogens is 395 g/mol. The normalized spacial score (nSPS) is 11.0. The molecule has 29 heavy (non-hydrogen) atoms. The van der Waals surface area contributed by atoms with Gasteiger partial charge in [-0.05, 0) is 54.9 Å². The molecule has 3 aromatic rings. The summed E-state index contributed by atoms with van der Waals surface area (Å²) >= 11 is 0. The fourth-order valence-electron chi connectivity index (χ4n) is 4.36. The van der Waals surface area contributed by atoms with E-state index in [1.54, 1.807) is 0 Å². The zero-order chi connectivity index (χ0) is 20.3. The van der Waals surface area contributed by atoms with Crippen LogP contribution in [0.5, 0.6) is 0 Å². The van der Waals surface area contributed by atoms with Crippen molar-refractivity contribution >= 4 is 23.1 Å². The summed E-state index contributed by atoms with van der Waals surface area (Å²) in [7, 11) is 0. The van der Waals surface area contributed by atoms with E-state index >= 15 is 0 Å². The summed E-state index contributed by atoms with van der Waals surface area (Å²) in [5, 5.41) is 24.0. The first-order valence-electron chi connectivity index (χ1n) is 10.8. The molecule has 0 aliphatic rings. The van der Waals surface area contributed by atoms with Gasteiger partial charge < -0.3 is 0 Å². The first kappa shape index (κ1) is 23.7. The molecule has 0 saturated carbocycles. The summed E-state index contributed by atoms with van der Waals surface area (Å²) < 4.78 is 0. The van der Waals surface area contributed by atoms with Crippen LogP contribution in [0.1, 0.15) is 75.7 Å². The van der Waals surface area contributed by atoms with E-state index in [9.17, 15) is 0 Å². The Morgan fingerprint density at radius 1 is 0.517 bits per heavy atom. The van der Waals surface area contributed by atoms with E-state index < -0.39 is 0 Å². The Morgan fingerprint density at radius 3 is 1.00 bits per heavy atom. The average molecular weight is 428 g/mol. The van der Waals surface area contributed by atoms with Gasteiger partial charge in [-0.3, -0.25) is 15.3 Å². The number of aromatic amines is 3. The van der Waals surface area contributed by atoms with Gasteiger partial charge in [-0.2, -0.15) is 15.3 Å². The molecular formula is C21H33BN6Ti. The molecule has 0 aliphatic heterocycles. The second-order valence-electron chi connectivity index (χ2n) is 7.24. The molecule has 0 spiro atoms. The number of aryl methyl sites for hydroxylation is 6. The van der Waals surface area contributed by atoms with Crippen LogP contribution in [-0.2, 0) is 60.2 Å². The SMILES string of the molecule is CCc1n[nH]c(CC)c1B(c1c(CC)n[nH]c1CC)c1c(CC)n[nH]c1CC.[Ti]. The molecule has 0 bridgehead atoms. The summed E-state index contributed by atoms with van der Waals surface area (Å²) in [4.78, 5) is 0. The van der Waals surface area contributed by atoms with Crippen LogP contribution in [0.4, 0.5) is 0 Å². The second-order valence-corrected chi connectivity index (χ2v) is 7.24. The third kappa shape index (κ3) is 4.17. The number of aromatic nitrogens is 6. The van der Waals surface area contributed by atoms with E-state index in [-0.39, 0.29) is 28.4 Å². The molecule has 6 nitrogen and oxygen atoms in total. The quantitative estimate of drug-likeness (QED) is 0.454. The van der Waals surface area contributed by atoms with E-state index in [4.69, 9.17) is 0 Å². The van der Waals surface area contributed by atoms with Crippen LogP contribution in [0.25, 0.3) is 0 Å². The predicted octanol–water partition coefficient (Wildman–Crippen LogP) is 1.74. The van der Waals surface area contributed by atoms with Crippen molar-refractivity contribution in [2.24, 2.45) is 0 Å². The first-order valence-corrected chi connectivity index (χ1v) is 10.8. The molecule has 3 heterocycles. The molecule has 0 saturated heterocycles. The van der Waals surface area contributed by atoms with Gasteiger partial charge >= 0.3 is 0 Å². The van der Waals surface area contributed by atoms with Gasteiger partial charge in [-0.1, -0.05) is 41.5 Å². The van der Waals surface area contributed by atoms with Crippen molar-refractivity contribution in [1.29, 1.82) is 0 Å². The van der Waals surface area contributed by atoms with Gasteiger partial charge in [-0.25, -0.2) is 0 Å². The maximum absolute atomic E-state index is 4.68. The third-order valence-electron chi connectivity index (χ3n) is 5.82. The molecule has 0 aromatic carbocycles. The molecule has 0 fully saturated rings. The molecule has 154 valence electrons. The minimum Gasteiger partial charge on any atom is -0.283 e. The van der Waals surface area contributed by atoms with E-state index in [1.807, 2.05) is 0 Å². The van der Waals surface area contributed by atoms with Crippen LogP contribution in [-0.4, -0.2) is 37.3 Å². The molecule has 0 aliphatic carbocycles. The molecule has 3 N–H and O–H groups in total. The largest absolute Gasteiger partial charge is 0.283 e. The Hall–Kier alpha value is -1.59. The van der Waals surface area contributed by atoms with Crippen molar-refractivity contribution in [2.45, 2.75) is 80.1 Å². The van der Waals surface area contributed by atoms with Crippen molar-refractivity contribution in [3.05, 3.63) is 34.2 Å². The number of hydrogen-bond acceptors (Lipinski definition) is 3. The zero-order valence-electron chi connectivity index (χ0n) is 18.7. The second kappa shape index (κ2) is 10.4. The fourth-order valence-corrected chi connectivity index (χ4v) is 4.36. The monoisotopic (exact) mass is 428 g/mol. The summed E-state index contributed by atoms with van der Waals surface area (Å²) in [5.74, 6) is 0. The van der Waals surface area contributed by atoms with E-state index in [2.05, 4.69) is 72.1 Å². The van der Waals surface area contributed by atoms with Crippen LogP contribution in [0.3, 0.4) is 0 Å². The summed E-state index contributed by atoms with van der Waals surface area (Å²) in [6.07, 6.45) is 5.51. The van der Waals surface area contributed by atoms with Gasteiger partial charge in [0.25, 0.3) is 6.71 Å². The summed E-state index contributed by atoms with van der Waals surface area (Å²) in [6.45, 7) is 13.2. The number of hydrogen-bond donors (Lipinski definition) is 3. The Labute approximate surface area is 189 Å². The molecule has 8 heteroatoms. The van der Waals surface area contributed by atoms with Gasteiger partial charge in [0.2, 0.25) is 0 Å². The van der Waals surface area contributed by atoms with Gasteiger partial charge in [0.1, 0.15) is 0 Å². The predicted molar refractivity (Wildman–Crippen MR) is 117 cm³/mol. The van der Waals surface area contributed by atoms with Crippen molar-refractivity contribution in [2.75, 3.05) is 0 Å². The zero-order valence-corrected chi connectivity index (χ0v) is 20.2. The maximum Gasteiger partial charge on any atom is 0.255 e. The standard InChI is InChI=1S/C21H33BN6.Ti/c1-7-13-19(14(8-2)24-23-13)22(20-15(9-3)25-26-16(20)10-4)21-17(11-5)27-28-18(21)12-6;/h7-12H2,1-6H3,(H,23,24)(H,25,26)(H,27,28);. The Balaban J connectivity index is 0.00000300.